The monoisotopic (exact) mass is 465 g/mol. The summed E-state index contributed by atoms with van der Waals surface area (Å²) in [4.78, 5) is 8.66. The molecule has 34 heavy (non-hydrogen) atoms. The smallest absolute Gasteiger partial charge is 0.225 e. The maximum absolute atomic E-state index is 5.97. The van der Waals surface area contributed by atoms with E-state index >= 15 is 0 Å². The highest BCUT2D eigenvalue weighted by atomic mass is 16.5. The van der Waals surface area contributed by atoms with Crippen molar-refractivity contribution in [1.29, 1.82) is 0 Å². The summed E-state index contributed by atoms with van der Waals surface area (Å²) in [6.45, 7) is 3.85. The molecule has 0 unspecified atom stereocenters. The zero-order valence-corrected chi connectivity index (χ0v) is 19.4. The average molecular weight is 466 g/mol. The van der Waals surface area contributed by atoms with Crippen LogP contribution in [0.25, 0.3) is 22.2 Å². The van der Waals surface area contributed by atoms with E-state index in [-0.39, 0.29) is 6.61 Å². The van der Waals surface area contributed by atoms with Gasteiger partial charge in [0.1, 0.15) is 25.2 Å². The van der Waals surface area contributed by atoms with Crippen molar-refractivity contribution >= 4 is 10.9 Å². The summed E-state index contributed by atoms with van der Waals surface area (Å²) in [5.74, 6) is 2.08. The van der Waals surface area contributed by atoms with Crippen molar-refractivity contribution in [3.05, 3.63) is 60.1 Å². The molecule has 4 rings (SSSR count). The van der Waals surface area contributed by atoms with Crippen LogP contribution in [0, 0.1) is 6.92 Å². The SMILES string of the molecule is COCCOc1cc2ncnc(OCc3cc(-c4ccc(C)cc4)no3)c2cc1OCCOC. The molecule has 0 aliphatic rings. The number of benzene rings is 2. The van der Waals surface area contributed by atoms with E-state index in [1.165, 1.54) is 11.9 Å². The fourth-order valence-corrected chi connectivity index (χ4v) is 3.23. The molecule has 0 atom stereocenters. The van der Waals surface area contributed by atoms with Crippen LogP contribution in [0.2, 0.25) is 0 Å². The first-order chi connectivity index (χ1) is 16.7. The Balaban J connectivity index is 1.53. The normalized spacial score (nSPS) is 11.0. The number of rotatable bonds is 12. The van der Waals surface area contributed by atoms with Crippen LogP contribution in [-0.2, 0) is 16.1 Å². The molecule has 2 aromatic carbocycles. The van der Waals surface area contributed by atoms with Crippen LogP contribution in [0.4, 0.5) is 0 Å². The van der Waals surface area contributed by atoms with E-state index < -0.39 is 0 Å². The summed E-state index contributed by atoms with van der Waals surface area (Å²) < 4.78 is 33.3. The fourth-order valence-electron chi connectivity index (χ4n) is 3.23. The summed E-state index contributed by atoms with van der Waals surface area (Å²) in [7, 11) is 3.24. The molecule has 0 radical (unpaired) electrons. The van der Waals surface area contributed by atoms with Crippen molar-refractivity contribution in [1.82, 2.24) is 15.1 Å². The summed E-state index contributed by atoms with van der Waals surface area (Å²) >= 11 is 0. The van der Waals surface area contributed by atoms with E-state index in [4.69, 9.17) is 28.2 Å². The first kappa shape index (κ1) is 23.5. The Hall–Kier alpha value is -3.69. The van der Waals surface area contributed by atoms with Gasteiger partial charge in [-0.1, -0.05) is 35.0 Å². The number of aromatic nitrogens is 3. The Morgan fingerprint density at radius 2 is 1.50 bits per heavy atom. The molecule has 2 heterocycles. The summed E-state index contributed by atoms with van der Waals surface area (Å²) in [6.07, 6.45) is 1.44. The molecule has 0 fully saturated rings. The Kier molecular flexibility index (Phi) is 7.90. The summed E-state index contributed by atoms with van der Waals surface area (Å²) in [6, 6.07) is 13.5. The molecule has 0 saturated heterocycles. The number of fused-ring (bicyclic) bond motifs is 1. The predicted molar refractivity (Wildman–Crippen MR) is 125 cm³/mol. The van der Waals surface area contributed by atoms with Crippen LogP contribution in [0.1, 0.15) is 11.3 Å². The van der Waals surface area contributed by atoms with Gasteiger partial charge in [0.2, 0.25) is 5.88 Å². The van der Waals surface area contributed by atoms with Crippen molar-refractivity contribution < 1.29 is 28.2 Å². The van der Waals surface area contributed by atoms with E-state index in [2.05, 4.69) is 15.1 Å². The molecule has 0 aliphatic carbocycles. The highest BCUT2D eigenvalue weighted by molar-refractivity contribution is 5.86. The second-order valence-electron chi connectivity index (χ2n) is 7.51. The Labute approximate surface area is 197 Å². The number of methoxy groups -OCH3 is 2. The van der Waals surface area contributed by atoms with Gasteiger partial charge in [-0.3, -0.25) is 0 Å². The minimum absolute atomic E-state index is 0.164. The molecule has 0 bridgehead atoms. The number of aryl methyl sites for hydroxylation is 1. The molecule has 4 aromatic rings. The highest BCUT2D eigenvalue weighted by Crippen LogP contribution is 2.35. The molecule has 9 nitrogen and oxygen atoms in total. The Morgan fingerprint density at radius 1 is 0.794 bits per heavy atom. The quantitative estimate of drug-likeness (QED) is 0.285. The summed E-state index contributed by atoms with van der Waals surface area (Å²) in [5.41, 5.74) is 3.57. The third-order valence-corrected chi connectivity index (χ3v) is 5.01. The predicted octanol–water partition coefficient (Wildman–Crippen LogP) is 4.22. The number of hydrogen-bond acceptors (Lipinski definition) is 9. The molecular formula is C25H27N3O6. The molecule has 0 N–H and O–H groups in total. The van der Waals surface area contributed by atoms with Crippen molar-refractivity contribution in [3.63, 3.8) is 0 Å². The standard InChI is InChI=1S/C25H27N3O6/c1-17-4-6-18(7-5-17)21-12-19(34-28-21)15-33-25-20-13-23(31-10-8-29-2)24(32-11-9-30-3)14-22(20)26-16-27-25/h4-7,12-14,16H,8-11,15H2,1-3H3. The van der Waals surface area contributed by atoms with Crippen molar-refractivity contribution in [3.8, 4) is 28.6 Å². The van der Waals surface area contributed by atoms with Crippen LogP contribution in [0.3, 0.4) is 0 Å². The van der Waals surface area contributed by atoms with Crippen molar-refractivity contribution in [2.75, 3.05) is 40.6 Å². The van der Waals surface area contributed by atoms with E-state index in [1.54, 1.807) is 26.4 Å². The zero-order chi connectivity index (χ0) is 23.8. The van der Waals surface area contributed by atoms with Crippen LogP contribution in [0.5, 0.6) is 17.4 Å². The lowest BCUT2D eigenvalue weighted by molar-refractivity contribution is 0.132. The zero-order valence-electron chi connectivity index (χ0n) is 19.4. The second-order valence-corrected chi connectivity index (χ2v) is 7.51. The van der Waals surface area contributed by atoms with Gasteiger partial charge in [-0.15, -0.1) is 0 Å². The molecule has 0 aliphatic heterocycles. The van der Waals surface area contributed by atoms with E-state index in [0.29, 0.717) is 60.5 Å². The van der Waals surface area contributed by atoms with Gasteiger partial charge in [-0.2, -0.15) is 0 Å². The lowest BCUT2D eigenvalue weighted by Crippen LogP contribution is -2.09. The minimum Gasteiger partial charge on any atom is -0.487 e. The van der Waals surface area contributed by atoms with Crippen LogP contribution in [-0.4, -0.2) is 55.8 Å². The molecule has 178 valence electrons. The van der Waals surface area contributed by atoms with Crippen LogP contribution >= 0.6 is 0 Å². The third kappa shape index (κ3) is 5.81. The van der Waals surface area contributed by atoms with Gasteiger partial charge in [-0.05, 0) is 13.0 Å². The number of ether oxygens (including phenoxy) is 5. The maximum Gasteiger partial charge on any atom is 0.225 e. The molecule has 0 saturated carbocycles. The van der Waals surface area contributed by atoms with Gasteiger partial charge in [0.15, 0.2) is 23.9 Å². The molecule has 9 heteroatoms. The Bertz CT molecular complexity index is 1210. The van der Waals surface area contributed by atoms with Crippen molar-refractivity contribution in [2.24, 2.45) is 0 Å². The lowest BCUT2D eigenvalue weighted by atomic mass is 10.1. The van der Waals surface area contributed by atoms with E-state index in [9.17, 15) is 0 Å². The van der Waals surface area contributed by atoms with Crippen molar-refractivity contribution in [2.45, 2.75) is 13.5 Å². The third-order valence-electron chi connectivity index (χ3n) is 5.01. The van der Waals surface area contributed by atoms with E-state index in [0.717, 1.165) is 11.3 Å². The Morgan fingerprint density at radius 3 is 2.21 bits per heavy atom. The van der Waals surface area contributed by atoms with Crippen LogP contribution in [0.15, 0.2) is 53.3 Å². The van der Waals surface area contributed by atoms with Gasteiger partial charge in [0, 0.05) is 31.9 Å². The molecule has 0 spiro atoms. The van der Waals surface area contributed by atoms with Gasteiger partial charge >= 0.3 is 0 Å². The molecule has 0 amide bonds. The van der Waals surface area contributed by atoms with Crippen LogP contribution < -0.4 is 14.2 Å². The van der Waals surface area contributed by atoms with Gasteiger partial charge in [0.25, 0.3) is 0 Å². The first-order valence-corrected chi connectivity index (χ1v) is 10.9. The fraction of sp³-hybridized carbons (Fsp3) is 0.320. The minimum atomic E-state index is 0.164. The summed E-state index contributed by atoms with van der Waals surface area (Å²) in [5, 5.41) is 4.83. The second kappa shape index (κ2) is 11.4. The largest absolute Gasteiger partial charge is 0.487 e. The lowest BCUT2D eigenvalue weighted by Gasteiger charge is -2.14. The van der Waals surface area contributed by atoms with E-state index in [1.807, 2.05) is 37.3 Å². The average Bonchev–Trinajstić information content (AvgIpc) is 3.32. The topological polar surface area (TPSA) is 98.0 Å². The van der Waals surface area contributed by atoms with Gasteiger partial charge in [0.05, 0.1) is 24.1 Å². The van der Waals surface area contributed by atoms with Gasteiger partial charge < -0.3 is 28.2 Å². The maximum atomic E-state index is 5.97. The number of nitrogens with zero attached hydrogens (tertiary/aromatic N) is 3. The molecular weight excluding hydrogens is 438 g/mol. The number of hydrogen-bond donors (Lipinski definition) is 0. The highest BCUT2D eigenvalue weighted by Gasteiger charge is 2.15. The first-order valence-electron chi connectivity index (χ1n) is 10.9. The van der Waals surface area contributed by atoms with Gasteiger partial charge in [-0.25, -0.2) is 9.97 Å². The molecule has 2 aromatic heterocycles.